The summed E-state index contributed by atoms with van der Waals surface area (Å²) in [7, 11) is 0. The highest BCUT2D eigenvalue weighted by atomic mass is 15.1. The molecule has 0 saturated heterocycles. The molecule has 1 aliphatic rings. The van der Waals surface area contributed by atoms with Gasteiger partial charge < -0.3 is 10.3 Å². The van der Waals surface area contributed by atoms with Crippen LogP contribution in [0.25, 0.3) is 0 Å². The molecule has 0 amide bonds. The maximum Gasteiger partial charge on any atom is 0.121 e. The normalized spacial score (nSPS) is 16.2. The summed E-state index contributed by atoms with van der Waals surface area (Å²) >= 11 is 0. The van der Waals surface area contributed by atoms with Gasteiger partial charge in [-0.05, 0) is 48.4 Å². The quantitative estimate of drug-likeness (QED) is 0.496. The largest absolute Gasteiger partial charge is 0.330 e. The molecule has 0 saturated carbocycles. The summed E-state index contributed by atoms with van der Waals surface area (Å²) in [4.78, 5) is 4.90. The zero-order valence-electron chi connectivity index (χ0n) is 17.1. The van der Waals surface area contributed by atoms with Crippen molar-refractivity contribution in [3.63, 3.8) is 0 Å². The van der Waals surface area contributed by atoms with Crippen molar-refractivity contribution in [1.82, 2.24) is 9.55 Å². The Balaban J connectivity index is 1.84. The summed E-state index contributed by atoms with van der Waals surface area (Å²) in [5, 5.41) is 0. The molecule has 3 nitrogen and oxygen atoms in total. The number of aromatic nitrogens is 2. The third-order valence-corrected chi connectivity index (χ3v) is 6.49. The van der Waals surface area contributed by atoms with Crippen molar-refractivity contribution in [2.45, 2.75) is 24.8 Å². The smallest absolute Gasteiger partial charge is 0.121 e. The summed E-state index contributed by atoms with van der Waals surface area (Å²) in [6.45, 7) is 0.730. The molecular weight excluding hydrogens is 366 g/mol. The Labute approximate surface area is 178 Å². The maximum atomic E-state index is 5.99. The van der Waals surface area contributed by atoms with E-state index in [1.807, 2.05) is 0 Å². The van der Waals surface area contributed by atoms with Crippen molar-refractivity contribution in [1.29, 1.82) is 0 Å². The van der Waals surface area contributed by atoms with Gasteiger partial charge in [-0.15, -0.1) is 0 Å². The van der Waals surface area contributed by atoms with Gasteiger partial charge in [-0.3, -0.25) is 0 Å². The van der Waals surface area contributed by atoms with Crippen LogP contribution in [0.2, 0.25) is 0 Å². The fourth-order valence-corrected chi connectivity index (χ4v) is 5.01. The lowest BCUT2D eigenvalue weighted by molar-refractivity contribution is 0.430. The first-order valence-electron chi connectivity index (χ1n) is 10.8. The van der Waals surface area contributed by atoms with Gasteiger partial charge in [0.05, 0.1) is 12.0 Å². The van der Waals surface area contributed by atoms with E-state index in [9.17, 15) is 0 Å². The van der Waals surface area contributed by atoms with Gasteiger partial charge in [0.15, 0.2) is 0 Å². The van der Waals surface area contributed by atoms with Gasteiger partial charge in [0.1, 0.15) is 5.54 Å². The summed E-state index contributed by atoms with van der Waals surface area (Å²) in [5.74, 6) is 0.528. The summed E-state index contributed by atoms with van der Waals surface area (Å²) < 4.78 is 2.43. The Kier molecular flexibility index (Phi) is 4.97. The zero-order chi connectivity index (χ0) is 20.4. The van der Waals surface area contributed by atoms with Gasteiger partial charge in [0.2, 0.25) is 0 Å². The summed E-state index contributed by atoms with van der Waals surface area (Å²) in [5.41, 5.74) is 11.8. The standard InChI is InChI=1S/C27H27N3/c28-19-21-16-17-26-25(18-21)29-20-30(26)27(22-10-4-1-5-11-22,23-12-6-2-7-13-23)24-14-8-3-9-15-24/h1-15,20-21H,16-19,28H2. The second-order valence-electron chi connectivity index (χ2n) is 8.16. The van der Waals surface area contributed by atoms with Crippen LogP contribution >= 0.6 is 0 Å². The van der Waals surface area contributed by atoms with Crippen molar-refractivity contribution in [3.8, 4) is 0 Å². The lowest BCUT2D eigenvalue weighted by atomic mass is 9.76. The molecule has 1 aromatic heterocycles. The molecule has 3 heteroatoms. The fraction of sp³-hybridized carbons (Fsp3) is 0.222. The van der Waals surface area contributed by atoms with E-state index in [0.717, 1.165) is 25.8 Å². The number of hydrogen-bond donors (Lipinski definition) is 1. The first kappa shape index (κ1) is 18.8. The van der Waals surface area contributed by atoms with Crippen molar-refractivity contribution in [2.75, 3.05) is 6.54 Å². The van der Waals surface area contributed by atoms with Crippen molar-refractivity contribution < 1.29 is 0 Å². The molecule has 3 aromatic carbocycles. The van der Waals surface area contributed by atoms with Crippen molar-refractivity contribution in [3.05, 3.63) is 125 Å². The second-order valence-corrected chi connectivity index (χ2v) is 8.16. The zero-order valence-corrected chi connectivity index (χ0v) is 17.1. The van der Waals surface area contributed by atoms with E-state index >= 15 is 0 Å². The van der Waals surface area contributed by atoms with Crippen LogP contribution in [0.15, 0.2) is 97.3 Å². The molecule has 1 unspecified atom stereocenters. The molecule has 2 N–H and O–H groups in total. The summed E-state index contributed by atoms with van der Waals surface area (Å²) in [6, 6.07) is 32.4. The van der Waals surface area contributed by atoms with Crippen LogP contribution in [0, 0.1) is 5.92 Å². The van der Waals surface area contributed by atoms with Gasteiger partial charge in [-0.2, -0.15) is 0 Å². The fourth-order valence-electron chi connectivity index (χ4n) is 5.01. The van der Waals surface area contributed by atoms with Crippen LogP contribution in [-0.2, 0) is 18.4 Å². The van der Waals surface area contributed by atoms with E-state index < -0.39 is 5.54 Å². The molecule has 30 heavy (non-hydrogen) atoms. The maximum absolute atomic E-state index is 5.99. The van der Waals surface area contributed by atoms with Gasteiger partial charge in [-0.1, -0.05) is 91.0 Å². The van der Waals surface area contributed by atoms with Crippen LogP contribution in [0.1, 0.15) is 34.5 Å². The highest BCUT2D eigenvalue weighted by Crippen LogP contribution is 2.43. The number of nitrogens with zero attached hydrogens (tertiary/aromatic N) is 2. The molecule has 150 valence electrons. The molecule has 0 radical (unpaired) electrons. The Bertz CT molecular complexity index is 1000. The molecular formula is C27H27N3. The van der Waals surface area contributed by atoms with Crippen LogP contribution in [0.3, 0.4) is 0 Å². The number of nitrogens with two attached hydrogens (primary N) is 1. The first-order valence-corrected chi connectivity index (χ1v) is 10.8. The third kappa shape index (κ3) is 2.98. The predicted octanol–water partition coefficient (Wildman–Crippen LogP) is 4.79. The number of hydrogen-bond acceptors (Lipinski definition) is 2. The number of rotatable bonds is 5. The minimum Gasteiger partial charge on any atom is -0.330 e. The molecule has 0 fully saturated rings. The van der Waals surface area contributed by atoms with E-state index in [4.69, 9.17) is 10.7 Å². The first-order chi connectivity index (χ1) is 14.8. The minimum absolute atomic E-state index is 0.472. The van der Waals surface area contributed by atoms with E-state index in [1.165, 1.54) is 28.1 Å². The minimum atomic E-state index is -0.472. The van der Waals surface area contributed by atoms with E-state index in [1.54, 1.807) is 0 Å². The van der Waals surface area contributed by atoms with E-state index in [2.05, 4.69) is 102 Å². The predicted molar refractivity (Wildman–Crippen MR) is 121 cm³/mol. The second kappa shape index (κ2) is 7.92. The Morgan fingerprint density at radius 1 is 0.800 bits per heavy atom. The van der Waals surface area contributed by atoms with Crippen molar-refractivity contribution in [2.24, 2.45) is 11.7 Å². The Morgan fingerprint density at radius 3 is 1.77 bits per heavy atom. The van der Waals surface area contributed by atoms with Crippen LogP contribution in [-0.4, -0.2) is 16.1 Å². The monoisotopic (exact) mass is 393 g/mol. The average Bonchev–Trinajstić information content (AvgIpc) is 3.25. The number of imidazole rings is 1. The Morgan fingerprint density at radius 2 is 1.30 bits per heavy atom. The average molecular weight is 394 g/mol. The van der Waals surface area contributed by atoms with Crippen LogP contribution in [0.4, 0.5) is 0 Å². The summed E-state index contributed by atoms with van der Waals surface area (Å²) in [6.07, 6.45) is 5.14. The highest BCUT2D eigenvalue weighted by molar-refractivity contribution is 5.51. The Hall–Kier alpha value is -3.17. The van der Waals surface area contributed by atoms with E-state index in [0.29, 0.717) is 5.92 Å². The SMILES string of the molecule is NCC1CCc2c(ncn2C(c2ccccc2)(c2ccccc2)c2ccccc2)C1. The molecule has 4 aromatic rings. The lowest BCUT2D eigenvalue weighted by Crippen LogP contribution is -2.39. The molecule has 1 heterocycles. The topological polar surface area (TPSA) is 43.8 Å². The van der Waals surface area contributed by atoms with E-state index in [-0.39, 0.29) is 0 Å². The number of benzene rings is 3. The third-order valence-electron chi connectivity index (χ3n) is 6.49. The van der Waals surface area contributed by atoms with Gasteiger partial charge in [0, 0.05) is 5.69 Å². The van der Waals surface area contributed by atoms with Crippen LogP contribution in [0.5, 0.6) is 0 Å². The van der Waals surface area contributed by atoms with Gasteiger partial charge >= 0.3 is 0 Å². The molecule has 5 rings (SSSR count). The van der Waals surface area contributed by atoms with Crippen LogP contribution < -0.4 is 5.73 Å². The molecule has 0 spiro atoms. The highest BCUT2D eigenvalue weighted by Gasteiger charge is 2.40. The van der Waals surface area contributed by atoms with Gasteiger partial charge in [0.25, 0.3) is 0 Å². The lowest BCUT2D eigenvalue weighted by Gasteiger charge is -2.39. The molecule has 1 aliphatic carbocycles. The van der Waals surface area contributed by atoms with Crippen molar-refractivity contribution >= 4 is 0 Å². The molecule has 0 aliphatic heterocycles. The molecule has 0 bridgehead atoms. The number of fused-ring (bicyclic) bond motifs is 1. The molecule has 1 atom stereocenters. The van der Waals surface area contributed by atoms with Gasteiger partial charge in [-0.25, -0.2) is 4.98 Å².